The summed E-state index contributed by atoms with van der Waals surface area (Å²) < 4.78 is 1.59. The highest BCUT2D eigenvalue weighted by molar-refractivity contribution is 7.99. The monoisotopic (exact) mass is 396 g/mol. The lowest BCUT2D eigenvalue weighted by Crippen LogP contribution is -2.28. The van der Waals surface area contributed by atoms with Crippen LogP contribution < -0.4 is 5.69 Å². The van der Waals surface area contributed by atoms with E-state index in [1.54, 1.807) is 16.5 Å². The molecule has 0 aliphatic rings. The fraction of sp³-hybridized carbons (Fsp3) is 0.286. The Bertz CT molecular complexity index is 981. The van der Waals surface area contributed by atoms with Crippen molar-refractivity contribution < 1.29 is 4.79 Å². The van der Waals surface area contributed by atoms with Gasteiger partial charge in [-0.1, -0.05) is 66.4 Å². The molecule has 0 fully saturated rings. The van der Waals surface area contributed by atoms with Crippen LogP contribution in [0.4, 0.5) is 0 Å². The van der Waals surface area contributed by atoms with Crippen LogP contribution in [-0.2, 0) is 24.3 Å². The van der Waals surface area contributed by atoms with Crippen molar-refractivity contribution in [3.05, 3.63) is 81.8 Å². The van der Waals surface area contributed by atoms with Gasteiger partial charge in [0.2, 0.25) is 5.91 Å². The van der Waals surface area contributed by atoms with Crippen molar-refractivity contribution in [1.82, 2.24) is 19.7 Å². The van der Waals surface area contributed by atoms with Crippen LogP contribution in [0.2, 0.25) is 0 Å². The smallest absolute Gasteiger partial charge is 0.341 e. The lowest BCUT2D eigenvalue weighted by Gasteiger charge is -2.18. The van der Waals surface area contributed by atoms with E-state index < -0.39 is 0 Å². The minimum atomic E-state index is -0.251. The van der Waals surface area contributed by atoms with E-state index in [0.717, 1.165) is 23.1 Å². The second-order valence-corrected chi connectivity index (χ2v) is 7.61. The molecule has 1 heterocycles. The third kappa shape index (κ3) is 5.13. The zero-order chi connectivity index (χ0) is 19.9. The number of rotatable bonds is 8. The minimum Gasteiger partial charge on any atom is -0.341 e. The zero-order valence-electron chi connectivity index (χ0n) is 16.1. The van der Waals surface area contributed by atoms with Gasteiger partial charge in [-0.05, 0) is 30.0 Å². The van der Waals surface area contributed by atoms with Crippen LogP contribution in [0.5, 0.6) is 0 Å². The van der Waals surface area contributed by atoms with Gasteiger partial charge in [0.25, 0.3) is 0 Å². The van der Waals surface area contributed by atoms with Gasteiger partial charge in [-0.25, -0.2) is 9.89 Å². The Kier molecular flexibility index (Phi) is 6.71. The maximum absolute atomic E-state index is 12.5. The number of aromatic nitrogens is 3. The van der Waals surface area contributed by atoms with Gasteiger partial charge < -0.3 is 4.90 Å². The van der Waals surface area contributed by atoms with E-state index in [9.17, 15) is 9.59 Å². The number of aryl methyl sites for hydroxylation is 2. The molecule has 1 amide bonds. The van der Waals surface area contributed by atoms with Crippen LogP contribution in [0, 0.1) is 6.92 Å². The highest BCUT2D eigenvalue weighted by Gasteiger charge is 2.15. The predicted octanol–water partition coefficient (Wildman–Crippen LogP) is 2.87. The number of carbonyl (C=O) groups is 1. The van der Waals surface area contributed by atoms with Gasteiger partial charge in [0.05, 0.1) is 5.75 Å². The molecule has 7 heteroatoms. The van der Waals surface area contributed by atoms with Gasteiger partial charge >= 0.3 is 5.69 Å². The van der Waals surface area contributed by atoms with Crippen LogP contribution in [0.25, 0.3) is 0 Å². The van der Waals surface area contributed by atoms with E-state index >= 15 is 0 Å². The average Bonchev–Trinajstić information content (AvgIpc) is 3.06. The standard InChI is InChI=1S/C21H24N4O2S/c1-16-8-6-7-11-18(16)14-24(2)19(26)15-28-21-23-22-20(27)25(21)13-12-17-9-4-3-5-10-17/h3-11H,12-15H2,1-2H3,(H,22,27). The first kappa shape index (κ1) is 19.9. The molecule has 0 unspecified atom stereocenters. The van der Waals surface area contributed by atoms with Crippen LogP contribution in [-0.4, -0.2) is 38.4 Å². The van der Waals surface area contributed by atoms with Gasteiger partial charge in [-0.15, -0.1) is 5.10 Å². The number of amides is 1. The van der Waals surface area contributed by atoms with E-state index in [1.165, 1.54) is 11.8 Å². The normalized spacial score (nSPS) is 10.8. The van der Waals surface area contributed by atoms with Crippen molar-refractivity contribution in [3.8, 4) is 0 Å². The van der Waals surface area contributed by atoms with E-state index in [-0.39, 0.29) is 17.3 Å². The first-order valence-electron chi connectivity index (χ1n) is 9.15. The van der Waals surface area contributed by atoms with Gasteiger partial charge in [-0.3, -0.25) is 9.36 Å². The first-order chi connectivity index (χ1) is 13.5. The molecule has 2 aromatic carbocycles. The molecule has 6 nitrogen and oxygen atoms in total. The number of hydrogen-bond donors (Lipinski definition) is 1. The van der Waals surface area contributed by atoms with Crippen molar-refractivity contribution >= 4 is 17.7 Å². The molecule has 0 aliphatic heterocycles. The molecular weight excluding hydrogens is 372 g/mol. The van der Waals surface area contributed by atoms with Crippen molar-refractivity contribution in [2.24, 2.45) is 0 Å². The molecule has 28 heavy (non-hydrogen) atoms. The number of H-pyrrole nitrogens is 1. The lowest BCUT2D eigenvalue weighted by atomic mass is 10.1. The molecule has 0 aliphatic carbocycles. The SMILES string of the molecule is Cc1ccccc1CN(C)C(=O)CSc1n[nH]c(=O)n1CCc1ccccc1. The summed E-state index contributed by atoms with van der Waals surface area (Å²) in [5.41, 5.74) is 3.19. The minimum absolute atomic E-state index is 0.00156. The second kappa shape index (κ2) is 9.41. The summed E-state index contributed by atoms with van der Waals surface area (Å²) in [5, 5.41) is 7.10. The molecule has 0 saturated carbocycles. The molecule has 1 aromatic heterocycles. The third-order valence-electron chi connectivity index (χ3n) is 4.61. The number of aromatic amines is 1. The Balaban J connectivity index is 1.57. The van der Waals surface area contributed by atoms with Crippen molar-refractivity contribution in [2.45, 2.75) is 31.6 Å². The van der Waals surface area contributed by atoms with E-state index in [2.05, 4.69) is 10.2 Å². The Labute approximate surface area is 168 Å². The number of benzene rings is 2. The highest BCUT2D eigenvalue weighted by atomic mass is 32.2. The Morgan fingerprint density at radius 3 is 2.61 bits per heavy atom. The molecule has 3 aromatic rings. The number of carbonyl (C=O) groups excluding carboxylic acids is 1. The van der Waals surface area contributed by atoms with Crippen molar-refractivity contribution in [1.29, 1.82) is 0 Å². The van der Waals surface area contributed by atoms with E-state index in [1.807, 2.05) is 61.5 Å². The maximum atomic E-state index is 12.5. The van der Waals surface area contributed by atoms with Crippen LogP contribution in [0.1, 0.15) is 16.7 Å². The van der Waals surface area contributed by atoms with Crippen molar-refractivity contribution in [3.63, 3.8) is 0 Å². The molecule has 0 saturated heterocycles. The number of thioether (sulfide) groups is 1. The van der Waals surface area contributed by atoms with Crippen LogP contribution in [0.3, 0.4) is 0 Å². The number of nitrogens with zero attached hydrogens (tertiary/aromatic N) is 3. The molecule has 0 atom stereocenters. The summed E-state index contributed by atoms with van der Waals surface area (Å²) in [6.45, 7) is 3.12. The second-order valence-electron chi connectivity index (χ2n) is 6.66. The van der Waals surface area contributed by atoms with Gasteiger partial charge in [0.15, 0.2) is 5.16 Å². The molecule has 1 N–H and O–H groups in total. The highest BCUT2D eigenvalue weighted by Crippen LogP contribution is 2.16. The summed E-state index contributed by atoms with van der Waals surface area (Å²) in [5.74, 6) is 0.233. The average molecular weight is 397 g/mol. The van der Waals surface area contributed by atoms with Crippen molar-refractivity contribution in [2.75, 3.05) is 12.8 Å². The maximum Gasteiger partial charge on any atom is 0.343 e. The summed E-state index contributed by atoms with van der Waals surface area (Å²) in [4.78, 5) is 26.3. The number of nitrogens with one attached hydrogen (secondary N) is 1. The van der Waals surface area contributed by atoms with Crippen LogP contribution in [0.15, 0.2) is 64.5 Å². The molecule has 3 rings (SSSR count). The summed E-state index contributed by atoms with van der Waals surface area (Å²) in [6.07, 6.45) is 0.731. The molecule has 0 bridgehead atoms. The topological polar surface area (TPSA) is 71.0 Å². The Morgan fingerprint density at radius 2 is 1.86 bits per heavy atom. The van der Waals surface area contributed by atoms with Crippen LogP contribution >= 0.6 is 11.8 Å². The molecule has 0 radical (unpaired) electrons. The molecular formula is C21H24N4O2S. The molecule has 0 spiro atoms. The Hall–Kier alpha value is -2.80. The van der Waals surface area contributed by atoms with E-state index in [0.29, 0.717) is 18.2 Å². The van der Waals surface area contributed by atoms with Gasteiger partial charge in [0, 0.05) is 20.1 Å². The van der Waals surface area contributed by atoms with Gasteiger partial charge in [0.1, 0.15) is 0 Å². The lowest BCUT2D eigenvalue weighted by molar-refractivity contribution is -0.127. The summed E-state index contributed by atoms with van der Waals surface area (Å²) in [7, 11) is 1.79. The largest absolute Gasteiger partial charge is 0.343 e. The number of hydrogen-bond acceptors (Lipinski definition) is 4. The Morgan fingerprint density at radius 1 is 1.14 bits per heavy atom. The molecule has 146 valence electrons. The fourth-order valence-electron chi connectivity index (χ4n) is 2.86. The summed E-state index contributed by atoms with van der Waals surface area (Å²) in [6, 6.07) is 18.0. The quantitative estimate of drug-likeness (QED) is 0.595. The summed E-state index contributed by atoms with van der Waals surface area (Å²) >= 11 is 1.28. The first-order valence-corrected chi connectivity index (χ1v) is 10.1. The third-order valence-corrected chi connectivity index (χ3v) is 5.57. The fourth-order valence-corrected chi connectivity index (χ4v) is 3.78. The van der Waals surface area contributed by atoms with Gasteiger partial charge in [-0.2, -0.15) is 0 Å². The predicted molar refractivity (Wildman–Crippen MR) is 111 cm³/mol. The zero-order valence-corrected chi connectivity index (χ0v) is 16.9. The van der Waals surface area contributed by atoms with E-state index in [4.69, 9.17) is 0 Å².